The van der Waals surface area contributed by atoms with Gasteiger partial charge in [-0.05, 0) is 65.5 Å². The van der Waals surface area contributed by atoms with E-state index in [1.165, 1.54) is 12.1 Å². The van der Waals surface area contributed by atoms with Crippen LogP contribution in [-0.2, 0) is 11.2 Å². The summed E-state index contributed by atoms with van der Waals surface area (Å²) in [6.07, 6.45) is 1.17. The molecule has 2 amide bonds. The van der Waals surface area contributed by atoms with Gasteiger partial charge in [-0.15, -0.1) is 0 Å². The Balaban J connectivity index is 1.60. The zero-order valence-electron chi connectivity index (χ0n) is 13.7. The molecule has 1 unspecified atom stereocenters. The lowest BCUT2D eigenvalue weighted by Crippen LogP contribution is -2.52. The van der Waals surface area contributed by atoms with E-state index in [9.17, 15) is 14.0 Å². The van der Waals surface area contributed by atoms with Gasteiger partial charge in [0.1, 0.15) is 11.4 Å². The summed E-state index contributed by atoms with van der Waals surface area (Å²) in [5.74, 6) is -0.651. The lowest BCUT2D eigenvalue weighted by atomic mass is 10.0. The molecule has 1 aromatic carbocycles. The van der Waals surface area contributed by atoms with E-state index >= 15 is 0 Å². The Labute approximate surface area is 153 Å². The Hall–Kier alpha value is -2.15. The number of halogens is 2. The van der Waals surface area contributed by atoms with Crippen LogP contribution < -0.4 is 5.32 Å². The van der Waals surface area contributed by atoms with E-state index < -0.39 is 11.4 Å². The highest BCUT2D eigenvalue weighted by Crippen LogP contribution is 2.24. The van der Waals surface area contributed by atoms with Crippen molar-refractivity contribution >= 4 is 27.7 Å². The van der Waals surface area contributed by atoms with E-state index in [0.717, 1.165) is 5.56 Å². The molecule has 1 atom stereocenters. The van der Waals surface area contributed by atoms with Crippen LogP contribution in [0.1, 0.15) is 29.5 Å². The van der Waals surface area contributed by atoms with Crippen LogP contribution in [0.2, 0.25) is 0 Å². The van der Waals surface area contributed by atoms with Gasteiger partial charge in [-0.1, -0.05) is 12.1 Å². The fourth-order valence-corrected chi connectivity index (χ4v) is 3.22. The van der Waals surface area contributed by atoms with E-state index in [2.05, 4.69) is 21.2 Å². The summed E-state index contributed by atoms with van der Waals surface area (Å²) in [7, 11) is 0. The molecule has 0 saturated carbocycles. The second kappa shape index (κ2) is 7.00. The van der Waals surface area contributed by atoms with Crippen LogP contribution >= 0.6 is 15.9 Å². The van der Waals surface area contributed by atoms with E-state index in [1.807, 2.05) is 0 Å². The number of carbonyl (C=O) groups excluding carboxylic acids is 2. The van der Waals surface area contributed by atoms with Gasteiger partial charge in [0.15, 0.2) is 10.4 Å². The maximum Gasteiger partial charge on any atom is 0.287 e. The van der Waals surface area contributed by atoms with Crippen LogP contribution in [0.5, 0.6) is 0 Å². The molecule has 0 aliphatic carbocycles. The first-order chi connectivity index (χ1) is 11.9. The molecule has 7 heteroatoms. The minimum atomic E-state index is -0.945. The lowest BCUT2D eigenvalue weighted by molar-refractivity contribution is -0.132. The number of rotatable bonds is 5. The monoisotopic (exact) mass is 408 g/mol. The van der Waals surface area contributed by atoms with Gasteiger partial charge < -0.3 is 14.6 Å². The summed E-state index contributed by atoms with van der Waals surface area (Å²) >= 11 is 3.15. The summed E-state index contributed by atoms with van der Waals surface area (Å²) < 4.78 is 18.6. The van der Waals surface area contributed by atoms with Crippen LogP contribution in [-0.4, -0.2) is 35.3 Å². The molecule has 1 aliphatic heterocycles. The van der Waals surface area contributed by atoms with Crippen molar-refractivity contribution in [2.24, 2.45) is 0 Å². The minimum Gasteiger partial charge on any atom is -0.444 e. The highest BCUT2D eigenvalue weighted by molar-refractivity contribution is 9.10. The molecular formula is C18H18BrFN2O3. The normalized spacial score (nSPS) is 20.1. The van der Waals surface area contributed by atoms with Crippen molar-refractivity contribution in [1.82, 2.24) is 10.2 Å². The van der Waals surface area contributed by atoms with Crippen LogP contribution in [0.4, 0.5) is 4.39 Å². The number of furan rings is 1. The van der Waals surface area contributed by atoms with Crippen molar-refractivity contribution in [2.45, 2.75) is 25.3 Å². The number of likely N-dealkylation sites (tertiary alicyclic amines) is 1. The van der Waals surface area contributed by atoms with Crippen molar-refractivity contribution < 1.29 is 18.4 Å². The van der Waals surface area contributed by atoms with Crippen molar-refractivity contribution in [3.05, 3.63) is 58.2 Å². The number of carbonyl (C=O) groups is 2. The average Bonchev–Trinajstić information content (AvgIpc) is 3.13. The fraction of sp³-hybridized carbons (Fsp3) is 0.333. The van der Waals surface area contributed by atoms with E-state index in [-0.39, 0.29) is 17.5 Å². The quantitative estimate of drug-likeness (QED) is 0.826. The van der Waals surface area contributed by atoms with Gasteiger partial charge >= 0.3 is 0 Å². The molecule has 3 rings (SSSR count). The SMILES string of the molecule is CC1(NC(=O)c2ccc(Br)o2)CCN(CCc2ccc(F)cc2)C1=O. The Morgan fingerprint density at radius 1 is 1.32 bits per heavy atom. The summed E-state index contributed by atoms with van der Waals surface area (Å²) in [6, 6.07) is 9.42. The molecule has 2 heterocycles. The summed E-state index contributed by atoms with van der Waals surface area (Å²) in [5, 5.41) is 2.78. The number of nitrogens with zero attached hydrogens (tertiary/aromatic N) is 1. The number of hydrogen-bond donors (Lipinski definition) is 1. The second-order valence-corrected chi connectivity index (χ2v) is 7.09. The van der Waals surface area contributed by atoms with Crippen molar-refractivity contribution in [2.75, 3.05) is 13.1 Å². The van der Waals surface area contributed by atoms with Crippen LogP contribution in [0.3, 0.4) is 0 Å². The Kier molecular flexibility index (Phi) is 4.94. The molecule has 0 radical (unpaired) electrons. The molecular weight excluding hydrogens is 391 g/mol. The molecule has 1 fully saturated rings. The van der Waals surface area contributed by atoms with E-state index in [1.54, 1.807) is 36.1 Å². The van der Waals surface area contributed by atoms with Crippen molar-refractivity contribution in [3.8, 4) is 0 Å². The second-order valence-electron chi connectivity index (χ2n) is 6.31. The summed E-state index contributed by atoms with van der Waals surface area (Å²) in [6.45, 7) is 2.82. The third-order valence-electron chi connectivity index (χ3n) is 4.41. The van der Waals surface area contributed by atoms with E-state index in [0.29, 0.717) is 30.6 Å². The fourth-order valence-electron chi connectivity index (χ4n) is 2.91. The highest BCUT2D eigenvalue weighted by atomic mass is 79.9. The largest absolute Gasteiger partial charge is 0.444 e. The summed E-state index contributed by atoms with van der Waals surface area (Å²) in [5.41, 5.74) is 0.0198. The standard InChI is InChI=1S/C18H18BrFN2O3/c1-18(21-16(23)14-6-7-15(19)25-14)9-11-22(17(18)24)10-8-12-2-4-13(20)5-3-12/h2-7H,8-11H2,1H3,(H,21,23). The van der Waals surface area contributed by atoms with E-state index in [4.69, 9.17) is 4.42 Å². The minimum absolute atomic E-state index is 0.117. The maximum absolute atomic E-state index is 12.9. The molecule has 2 aromatic rings. The molecule has 25 heavy (non-hydrogen) atoms. The van der Waals surface area contributed by atoms with Gasteiger partial charge in [-0.3, -0.25) is 9.59 Å². The number of nitrogens with one attached hydrogen (secondary N) is 1. The maximum atomic E-state index is 12.9. The van der Waals surface area contributed by atoms with Crippen molar-refractivity contribution in [3.63, 3.8) is 0 Å². The summed E-state index contributed by atoms with van der Waals surface area (Å²) in [4.78, 5) is 26.7. The highest BCUT2D eigenvalue weighted by Gasteiger charge is 2.44. The Morgan fingerprint density at radius 3 is 2.68 bits per heavy atom. The molecule has 1 N–H and O–H groups in total. The number of benzene rings is 1. The zero-order chi connectivity index (χ0) is 18.0. The molecule has 0 spiro atoms. The molecule has 5 nitrogen and oxygen atoms in total. The Morgan fingerprint density at radius 2 is 2.04 bits per heavy atom. The van der Waals surface area contributed by atoms with Crippen LogP contribution in [0, 0.1) is 5.82 Å². The smallest absolute Gasteiger partial charge is 0.287 e. The first-order valence-corrected chi connectivity index (χ1v) is 8.78. The molecule has 0 bridgehead atoms. The van der Waals surface area contributed by atoms with Gasteiger partial charge in [0.25, 0.3) is 5.91 Å². The third-order valence-corrected chi connectivity index (χ3v) is 4.84. The predicted octanol–water partition coefficient (Wildman–Crippen LogP) is 3.14. The molecule has 1 aliphatic rings. The average molecular weight is 409 g/mol. The van der Waals surface area contributed by atoms with Crippen molar-refractivity contribution in [1.29, 1.82) is 0 Å². The van der Waals surface area contributed by atoms with Crippen LogP contribution in [0.15, 0.2) is 45.5 Å². The number of hydrogen-bond acceptors (Lipinski definition) is 3. The first-order valence-electron chi connectivity index (χ1n) is 7.99. The number of amides is 2. The lowest BCUT2D eigenvalue weighted by Gasteiger charge is -2.24. The third kappa shape index (κ3) is 3.92. The zero-order valence-corrected chi connectivity index (χ0v) is 15.3. The molecule has 1 aromatic heterocycles. The van der Waals surface area contributed by atoms with Gasteiger partial charge in [-0.25, -0.2) is 4.39 Å². The molecule has 1 saturated heterocycles. The predicted molar refractivity (Wildman–Crippen MR) is 93.6 cm³/mol. The van der Waals surface area contributed by atoms with Crippen LogP contribution in [0.25, 0.3) is 0 Å². The van der Waals surface area contributed by atoms with Gasteiger partial charge in [0.2, 0.25) is 5.91 Å². The topological polar surface area (TPSA) is 62.6 Å². The van der Waals surface area contributed by atoms with Gasteiger partial charge in [0, 0.05) is 13.1 Å². The van der Waals surface area contributed by atoms with Gasteiger partial charge in [0.05, 0.1) is 0 Å². The first kappa shape index (κ1) is 17.7. The Bertz CT molecular complexity index is 790. The van der Waals surface area contributed by atoms with Gasteiger partial charge in [-0.2, -0.15) is 0 Å². The molecule has 132 valence electrons.